The molecule has 0 saturated carbocycles. The van der Waals surface area contributed by atoms with E-state index in [2.05, 4.69) is 9.72 Å². The number of ether oxygens (including phenoxy) is 1. The monoisotopic (exact) mass is 211 g/mol. The number of aromatic nitrogens is 1. The van der Waals surface area contributed by atoms with Gasteiger partial charge in [-0.25, -0.2) is 13.8 Å². The molecule has 72 valence electrons. The van der Waals surface area contributed by atoms with Gasteiger partial charge >= 0.3 is 0 Å². The summed E-state index contributed by atoms with van der Waals surface area (Å²) in [4.78, 5) is 3.08. The molecule has 6 heteroatoms. The van der Waals surface area contributed by atoms with Crippen LogP contribution in [0.4, 0.5) is 13.2 Å². The topological polar surface area (TPSA) is 22.1 Å². The molecule has 1 aromatic heterocycles. The third-order valence-corrected chi connectivity index (χ3v) is 1.80. The van der Waals surface area contributed by atoms with Crippen LogP contribution in [0, 0.1) is 5.95 Å². The summed E-state index contributed by atoms with van der Waals surface area (Å²) in [5.41, 5.74) is -0.930. The van der Waals surface area contributed by atoms with E-state index in [1.165, 1.54) is 7.11 Å². The molecule has 0 unspecified atom stereocenters. The maximum Gasteiger partial charge on any atom is 0.269 e. The summed E-state index contributed by atoms with van der Waals surface area (Å²) in [5, 5.41) is -0.440. The lowest BCUT2D eigenvalue weighted by Crippen LogP contribution is -1.98. The van der Waals surface area contributed by atoms with Crippen LogP contribution in [0.2, 0.25) is 5.02 Å². The molecule has 1 rings (SSSR count). The molecule has 1 aromatic rings. The number of hydrogen-bond donors (Lipinski definition) is 0. The normalized spacial score (nSPS) is 10.6. The van der Waals surface area contributed by atoms with Crippen molar-refractivity contribution < 1.29 is 17.9 Å². The lowest BCUT2D eigenvalue weighted by atomic mass is 10.3. The van der Waals surface area contributed by atoms with E-state index in [0.29, 0.717) is 0 Å². The number of nitrogens with zero attached hydrogens (tertiary/aromatic N) is 1. The first-order chi connectivity index (χ1) is 6.07. The highest BCUT2D eigenvalue weighted by atomic mass is 35.5. The average molecular weight is 212 g/mol. The minimum absolute atomic E-state index is 0.0710. The Morgan fingerprint density at radius 2 is 2.15 bits per heavy atom. The van der Waals surface area contributed by atoms with Crippen LogP contribution in [-0.2, 0) is 0 Å². The highest BCUT2D eigenvalue weighted by Gasteiger charge is 2.21. The Balaban J connectivity index is 3.30. The summed E-state index contributed by atoms with van der Waals surface area (Å²) in [6.45, 7) is 0. The van der Waals surface area contributed by atoms with Crippen LogP contribution in [-0.4, -0.2) is 12.1 Å². The molecular formula is C7H5ClF3NO. The summed E-state index contributed by atoms with van der Waals surface area (Å²) in [5.74, 6) is -1.35. The third kappa shape index (κ3) is 1.85. The number of hydrogen-bond acceptors (Lipinski definition) is 2. The van der Waals surface area contributed by atoms with E-state index in [9.17, 15) is 13.2 Å². The van der Waals surface area contributed by atoms with Gasteiger partial charge in [0.05, 0.1) is 23.9 Å². The smallest absolute Gasteiger partial charge is 0.269 e. The second-order valence-electron chi connectivity index (χ2n) is 2.15. The molecule has 0 amide bonds. The predicted octanol–water partition coefficient (Wildman–Crippen LogP) is 2.82. The lowest BCUT2D eigenvalue weighted by molar-refractivity contribution is 0.144. The maximum atomic E-state index is 12.7. The molecule has 0 aliphatic rings. The van der Waals surface area contributed by atoms with Gasteiger partial charge in [0, 0.05) is 0 Å². The maximum absolute atomic E-state index is 12.7. The van der Waals surface area contributed by atoms with Crippen LogP contribution in [0.15, 0.2) is 6.20 Å². The number of alkyl halides is 2. The molecule has 0 atom stereocenters. The zero-order chi connectivity index (χ0) is 10.0. The highest BCUT2D eigenvalue weighted by molar-refractivity contribution is 6.32. The van der Waals surface area contributed by atoms with E-state index in [-0.39, 0.29) is 5.75 Å². The standard InChI is InChI=1S/C7H5ClF3NO/c1-13-3-2-12-7(11)4(5(3)8)6(9)10/h2,6H,1H3. The van der Waals surface area contributed by atoms with E-state index in [0.717, 1.165) is 6.20 Å². The predicted molar refractivity (Wildman–Crippen MR) is 40.7 cm³/mol. The van der Waals surface area contributed by atoms with E-state index in [1.54, 1.807) is 0 Å². The summed E-state index contributed by atoms with van der Waals surface area (Å²) >= 11 is 5.42. The Morgan fingerprint density at radius 1 is 1.54 bits per heavy atom. The first kappa shape index (κ1) is 10.1. The van der Waals surface area contributed by atoms with Crippen LogP contribution in [0.25, 0.3) is 0 Å². The molecule has 13 heavy (non-hydrogen) atoms. The fourth-order valence-corrected chi connectivity index (χ4v) is 1.08. The van der Waals surface area contributed by atoms with Crippen molar-refractivity contribution >= 4 is 11.6 Å². The van der Waals surface area contributed by atoms with E-state index in [1.807, 2.05) is 0 Å². The van der Waals surface area contributed by atoms with Gasteiger partial charge in [0.25, 0.3) is 6.43 Å². The Kier molecular flexibility index (Phi) is 2.98. The van der Waals surface area contributed by atoms with E-state index < -0.39 is 23.0 Å². The molecule has 0 N–H and O–H groups in total. The van der Waals surface area contributed by atoms with Gasteiger partial charge in [0.15, 0.2) is 5.75 Å². The van der Waals surface area contributed by atoms with Crippen molar-refractivity contribution in [3.8, 4) is 5.75 Å². The molecule has 0 radical (unpaired) electrons. The van der Waals surface area contributed by atoms with Gasteiger partial charge in [0.1, 0.15) is 0 Å². The van der Waals surface area contributed by atoms with Crippen LogP contribution >= 0.6 is 11.6 Å². The van der Waals surface area contributed by atoms with Crippen LogP contribution < -0.4 is 4.74 Å². The van der Waals surface area contributed by atoms with Crippen LogP contribution in [0.1, 0.15) is 12.0 Å². The summed E-state index contributed by atoms with van der Waals surface area (Å²) < 4.78 is 41.7. The van der Waals surface area contributed by atoms with Crippen molar-refractivity contribution in [1.29, 1.82) is 0 Å². The Morgan fingerprint density at radius 3 is 2.62 bits per heavy atom. The number of rotatable bonds is 2. The van der Waals surface area contributed by atoms with Crippen molar-refractivity contribution in [3.05, 3.63) is 22.7 Å². The molecule has 0 aliphatic carbocycles. The summed E-state index contributed by atoms with van der Waals surface area (Å²) in [6, 6.07) is 0. The Bertz CT molecular complexity index is 319. The molecule has 0 aromatic carbocycles. The van der Waals surface area contributed by atoms with Gasteiger partial charge < -0.3 is 4.74 Å². The van der Waals surface area contributed by atoms with Crippen molar-refractivity contribution in [2.75, 3.05) is 7.11 Å². The zero-order valence-electron chi connectivity index (χ0n) is 6.52. The fraction of sp³-hybridized carbons (Fsp3) is 0.286. The molecule has 0 spiro atoms. The summed E-state index contributed by atoms with van der Waals surface area (Å²) in [6.07, 6.45) is -2.06. The first-order valence-corrected chi connectivity index (χ1v) is 3.61. The quantitative estimate of drug-likeness (QED) is 0.702. The molecule has 2 nitrogen and oxygen atoms in total. The lowest BCUT2D eigenvalue weighted by Gasteiger charge is -2.07. The molecule has 1 heterocycles. The highest BCUT2D eigenvalue weighted by Crippen LogP contribution is 2.34. The van der Waals surface area contributed by atoms with Crippen molar-refractivity contribution in [1.82, 2.24) is 4.98 Å². The van der Waals surface area contributed by atoms with Crippen molar-refractivity contribution in [2.24, 2.45) is 0 Å². The first-order valence-electron chi connectivity index (χ1n) is 3.24. The second kappa shape index (κ2) is 3.83. The SMILES string of the molecule is COc1cnc(F)c(C(F)F)c1Cl. The number of halogens is 4. The van der Waals surface area contributed by atoms with E-state index >= 15 is 0 Å². The third-order valence-electron chi connectivity index (χ3n) is 1.41. The molecule has 0 fully saturated rings. The van der Waals surface area contributed by atoms with Gasteiger partial charge in [-0.2, -0.15) is 4.39 Å². The van der Waals surface area contributed by atoms with Gasteiger partial charge in [-0.3, -0.25) is 0 Å². The average Bonchev–Trinajstić information content (AvgIpc) is 2.04. The largest absolute Gasteiger partial charge is 0.494 e. The van der Waals surface area contributed by atoms with Gasteiger partial charge in [-0.15, -0.1) is 0 Å². The molecule has 0 saturated heterocycles. The second-order valence-corrected chi connectivity index (χ2v) is 2.52. The summed E-state index contributed by atoms with van der Waals surface area (Å²) in [7, 11) is 1.23. The van der Waals surface area contributed by atoms with Crippen LogP contribution in [0.5, 0.6) is 5.75 Å². The van der Waals surface area contributed by atoms with Gasteiger partial charge in [-0.1, -0.05) is 11.6 Å². The Hall–Kier alpha value is -0.970. The number of pyridine rings is 1. The minimum Gasteiger partial charge on any atom is -0.494 e. The molecule has 0 bridgehead atoms. The van der Waals surface area contributed by atoms with Crippen LogP contribution in [0.3, 0.4) is 0 Å². The Labute approximate surface area is 77.3 Å². The van der Waals surface area contributed by atoms with Gasteiger partial charge in [0.2, 0.25) is 5.95 Å². The van der Waals surface area contributed by atoms with E-state index in [4.69, 9.17) is 11.6 Å². The fourth-order valence-electron chi connectivity index (χ4n) is 0.793. The molecule has 0 aliphatic heterocycles. The van der Waals surface area contributed by atoms with Crippen molar-refractivity contribution in [2.45, 2.75) is 6.43 Å². The number of methoxy groups -OCH3 is 1. The van der Waals surface area contributed by atoms with Crippen molar-refractivity contribution in [3.63, 3.8) is 0 Å². The minimum atomic E-state index is -3.00. The van der Waals surface area contributed by atoms with Gasteiger partial charge in [-0.05, 0) is 0 Å². The molecular weight excluding hydrogens is 207 g/mol. The zero-order valence-corrected chi connectivity index (χ0v) is 7.28.